The van der Waals surface area contributed by atoms with Crippen molar-refractivity contribution in [2.24, 2.45) is 5.73 Å². The summed E-state index contributed by atoms with van der Waals surface area (Å²) in [6, 6.07) is 5.45. The molecule has 0 atom stereocenters. The normalized spacial score (nSPS) is 10.2. The van der Waals surface area contributed by atoms with Gasteiger partial charge < -0.3 is 10.5 Å². The number of primary amides is 1. The standard InChI is InChI=1S/C8H6N2O2S/c9-8(11)12-6-4-5-2-1-3-10-7(5)13-6/h1-4H,(H2,9,11). The maximum absolute atomic E-state index is 10.4. The Bertz CT molecular complexity index is 419. The molecule has 0 saturated carbocycles. The second kappa shape index (κ2) is 3.02. The molecule has 0 radical (unpaired) electrons. The zero-order valence-electron chi connectivity index (χ0n) is 6.56. The van der Waals surface area contributed by atoms with Crippen molar-refractivity contribution >= 4 is 27.6 Å². The van der Waals surface area contributed by atoms with Gasteiger partial charge in [0, 0.05) is 17.6 Å². The van der Waals surface area contributed by atoms with Crippen molar-refractivity contribution in [2.45, 2.75) is 0 Å². The van der Waals surface area contributed by atoms with Gasteiger partial charge in [-0.15, -0.1) is 0 Å². The second-order valence-electron chi connectivity index (χ2n) is 2.38. The summed E-state index contributed by atoms with van der Waals surface area (Å²) in [5.41, 5.74) is 4.87. The summed E-state index contributed by atoms with van der Waals surface area (Å²) in [6.45, 7) is 0. The summed E-state index contributed by atoms with van der Waals surface area (Å²) in [6.07, 6.45) is 0.888. The monoisotopic (exact) mass is 194 g/mol. The molecule has 2 rings (SSSR count). The molecule has 0 aliphatic heterocycles. The second-order valence-corrected chi connectivity index (χ2v) is 3.38. The maximum atomic E-state index is 10.4. The zero-order chi connectivity index (χ0) is 9.26. The molecule has 0 aliphatic carbocycles. The van der Waals surface area contributed by atoms with Gasteiger partial charge in [0.05, 0.1) is 0 Å². The lowest BCUT2D eigenvalue weighted by Gasteiger charge is -1.91. The number of fused-ring (bicyclic) bond motifs is 1. The van der Waals surface area contributed by atoms with E-state index in [1.807, 2.05) is 12.1 Å². The molecular formula is C8H6N2O2S. The fourth-order valence-corrected chi connectivity index (χ4v) is 1.86. The molecular weight excluding hydrogens is 188 g/mol. The number of rotatable bonds is 1. The molecule has 1 amide bonds. The number of ether oxygens (including phenoxy) is 1. The lowest BCUT2D eigenvalue weighted by Crippen LogP contribution is -2.15. The highest BCUT2D eigenvalue weighted by Gasteiger charge is 2.04. The molecule has 0 spiro atoms. The first kappa shape index (κ1) is 8.00. The highest BCUT2D eigenvalue weighted by molar-refractivity contribution is 7.20. The van der Waals surface area contributed by atoms with Crippen LogP contribution in [0.5, 0.6) is 5.06 Å². The van der Waals surface area contributed by atoms with Gasteiger partial charge in [-0.2, -0.15) is 0 Å². The number of thiophene rings is 1. The average Bonchev–Trinajstić information content (AvgIpc) is 2.44. The third-order valence-electron chi connectivity index (χ3n) is 1.47. The van der Waals surface area contributed by atoms with Crippen LogP contribution in [0, 0.1) is 0 Å². The minimum absolute atomic E-state index is 0.473. The Morgan fingerprint density at radius 2 is 2.46 bits per heavy atom. The number of hydrogen-bond acceptors (Lipinski definition) is 4. The number of nitrogens with zero attached hydrogens (tertiary/aromatic N) is 1. The Morgan fingerprint density at radius 1 is 1.62 bits per heavy atom. The van der Waals surface area contributed by atoms with Crippen LogP contribution in [-0.4, -0.2) is 11.1 Å². The summed E-state index contributed by atoms with van der Waals surface area (Å²) >= 11 is 1.29. The molecule has 0 bridgehead atoms. The van der Waals surface area contributed by atoms with E-state index in [1.54, 1.807) is 12.3 Å². The fraction of sp³-hybridized carbons (Fsp3) is 0. The first-order chi connectivity index (χ1) is 6.25. The molecule has 0 saturated heterocycles. The van der Waals surface area contributed by atoms with Crippen molar-refractivity contribution in [3.63, 3.8) is 0 Å². The fourth-order valence-electron chi connectivity index (χ4n) is 1.000. The van der Waals surface area contributed by atoms with Crippen LogP contribution >= 0.6 is 11.3 Å². The quantitative estimate of drug-likeness (QED) is 0.752. The van der Waals surface area contributed by atoms with Crippen LogP contribution in [0.1, 0.15) is 0 Å². The van der Waals surface area contributed by atoms with Gasteiger partial charge in [-0.25, -0.2) is 9.78 Å². The van der Waals surface area contributed by atoms with E-state index in [0.717, 1.165) is 10.2 Å². The Balaban J connectivity index is 2.44. The highest BCUT2D eigenvalue weighted by Crippen LogP contribution is 2.29. The van der Waals surface area contributed by atoms with Crippen LogP contribution in [0.3, 0.4) is 0 Å². The molecule has 0 aromatic carbocycles. The van der Waals surface area contributed by atoms with Gasteiger partial charge in [-0.3, -0.25) is 0 Å². The summed E-state index contributed by atoms with van der Waals surface area (Å²) in [7, 11) is 0. The van der Waals surface area contributed by atoms with E-state index in [1.165, 1.54) is 11.3 Å². The number of hydrogen-bond donors (Lipinski definition) is 1. The molecule has 0 unspecified atom stereocenters. The van der Waals surface area contributed by atoms with Crippen molar-refractivity contribution in [3.05, 3.63) is 24.4 Å². The third kappa shape index (κ3) is 1.59. The van der Waals surface area contributed by atoms with Crippen molar-refractivity contribution in [1.82, 2.24) is 4.98 Å². The summed E-state index contributed by atoms with van der Waals surface area (Å²) in [4.78, 5) is 15.4. The van der Waals surface area contributed by atoms with Crippen molar-refractivity contribution in [2.75, 3.05) is 0 Å². The number of nitrogens with two attached hydrogens (primary N) is 1. The molecule has 2 heterocycles. The predicted octanol–water partition coefficient (Wildman–Crippen LogP) is 1.75. The van der Waals surface area contributed by atoms with Crippen molar-refractivity contribution in [3.8, 4) is 5.06 Å². The molecule has 66 valence electrons. The minimum Gasteiger partial charge on any atom is -0.399 e. The number of carbonyl (C=O) groups is 1. The van der Waals surface area contributed by atoms with E-state index in [-0.39, 0.29) is 0 Å². The molecule has 4 nitrogen and oxygen atoms in total. The summed E-state index contributed by atoms with van der Waals surface area (Å²) in [5, 5.41) is 1.42. The van der Waals surface area contributed by atoms with Crippen LogP contribution in [0.2, 0.25) is 0 Å². The third-order valence-corrected chi connectivity index (χ3v) is 2.41. The van der Waals surface area contributed by atoms with E-state index < -0.39 is 6.09 Å². The lowest BCUT2D eigenvalue weighted by atomic mass is 10.3. The largest absolute Gasteiger partial charge is 0.410 e. The van der Waals surface area contributed by atoms with Gasteiger partial charge in [0.25, 0.3) is 0 Å². The Labute approximate surface area is 78.0 Å². The summed E-state index contributed by atoms with van der Waals surface area (Å²) in [5.74, 6) is 0. The lowest BCUT2D eigenvalue weighted by molar-refractivity contribution is 0.212. The first-order valence-corrected chi connectivity index (χ1v) is 4.39. The zero-order valence-corrected chi connectivity index (χ0v) is 7.38. The van der Waals surface area contributed by atoms with E-state index in [0.29, 0.717) is 5.06 Å². The average molecular weight is 194 g/mol. The van der Waals surface area contributed by atoms with Gasteiger partial charge in [0.2, 0.25) is 0 Å². The van der Waals surface area contributed by atoms with Crippen molar-refractivity contribution < 1.29 is 9.53 Å². The molecule has 0 aliphatic rings. The molecule has 2 aromatic heterocycles. The van der Waals surface area contributed by atoms with E-state index in [9.17, 15) is 4.79 Å². The maximum Gasteiger partial charge on any atom is 0.410 e. The molecule has 2 N–H and O–H groups in total. The topological polar surface area (TPSA) is 65.2 Å². The van der Waals surface area contributed by atoms with Crippen molar-refractivity contribution in [1.29, 1.82) is 0 Å². The van der Waals surface area contributed by atoms with Gasteiger partial charge in [-0.05, 0) is 6.07 Å². The highest BCUT2D eigenvalue weighted by atomic mass is 32.1. The number of carbonyl (C=O) groups excluding carboxylic acids is 1. The molecule has 13 heavy (non-hydrogen) atoms. The number of aromatic nitrogens is 1. The molecule has 5 heteroatoms. The van der Waals surface area contributed by atoms with Gasteiger partial charge >= 0.3 is 6.09 Å². The van der Waals surface area contributed by atoms with Gasteiger partial charge in [-0.1, -0.05) is 17.4 Å². The Hall–Kier alpha value is -1.62. The first-order valence-electron chi connectivity index (χ1n) is 3.57. The van der Waals surface area contributed by atoms with Crippen LogP contribution in [-0.2, 0) is 0 Å². The van der Waals surface area contributed by atoms with Gasteiger partial charge in [0.1, 0.15) is 4.83 Å². The van der Waals surface area contributed by atoms with Crippen LogP contribution < -0.4 is 10.5 Å². The molecule has 0 fully saturated rings. The van der Waals surface area contributed by atoms with E-state index in [2.05, 4.69) is 4.98 Å². The molecule has 2 aromatic rings. The minimum atomic E-state index is -0.799. The predicted molar refractivity (Wildman–Crippen MR) is 49.8 cm³/mol. The SMILES string of the molecule is NC(=O)Oc1cc2cccnc2s1. The van der Waals surface area contributed by atoms with E-state index in [4.69, 9.17) is 10.5 Å². The number of amides is 1. The Morgan fingerprint density at radius 3 is 3.15 bits per heavy atom. The van der Waals surface area contributed by atoms with Crippen LogP contribution in [0.15, 0.2) is 24.4 Å². The number of pyridine rings is 1. The smallest absolute Gasteiger partial charge is 0.399 e. The van der Waals surface area contributed by atoms with Crippen LogP contribution in [0.4, 0.5) is 4.79 Å². The van der Waals surface area contributed by atoms with Gasteiger partial charge in [0.15, 0.2) is 5.06 Å². The van der Waals surface area contributed by atoms with E-state index >= 15 is 0 Å². The Kier molecular flexibility index (Phi) is 1.86. The summed E-state index contributed by atoms with van der Waals surface area (Å²) < 4.78 is 4.72. The van der Waals surface area contributed by atoms with Crippen LogP contribution in [0.25, 0.3) is 10.2 Å².